The molecule has 2 rings (SSSR count). The molecule has 1 heterocycles. The summed E-state index contributed by atoms with van der Waals surface area (Å²) in [7, 11) is 0. The number of hydrogen-bond donors (Lipinski definition) is 2. The molecule has 1 saturated heterocycles. The first-order valence-corrected chi connectivity index (χ1v) is 7.75. The van der Waals surface area contributed by atoms with E-state index in [0.717, 1.165) is 35.2 Å². The molecule has 0 saturated carbocycles. The third-order valence-corrected chi connectivity index (χ3v) is 4.52. The molecule has 0 bridgehead atoms. The van der Waals surface area contributed by atoms with Crippen molar-refractivity contribution in [3.63, 3.8) is 0 Å². The van der Waals surface area contributed by atoms with E-state index in [4.69, 9.17) is 10.9 Å². The Hall–Kier alpha value is -1.23. The fraction of sp³-hybridized carbons (Fsp3) is 0.533. The average Bonchev–Trinajstić information content (AvgIpc) is 2.59. The molecule has 110 valence electrons. The van der Waals surface area contributed by atoms with Crippen molar-refractivity contribution in [2.75, 3.05) is 18.0 Å². The summed E-state index contributed by atoms with van der Waals surface area (Å²) in [4.78, 5) is 2.34. The van der Waals surface area contributed by atoms with Crippen LogP contribution in [0.25, 0.3) is 0 Å². The lowest BCUT2D eigenvalue weighted by molar-refractivity contribution is 0.318. The standard InChI is InChI=1S/C15H22BrN3O/c1-15(2)6-3-8-19(9-7-15)13-5-4-11(16)10-12(13)14(17)18-20/h4-5,10,20H,3,6-9H2,1-2H3,(H2,17,18). The van der Waals surface area contributed by atoms with Crippen molar-refractivity contribution in [1.82, 2.24) is 0 Å². The van der Waals surface area contributed by atoms with Crippen LogP contribution in [-0.2, 0) is 0 Å². The van der Waals surface area contributed by atoms with Gasteiger partial charge in [-0.05, 0) is 42.9 Å². The number of anilines is 1. The first-order valence-electron chi connectivity index (χ1n) is 6.95. The fourth-order valence-electron chi connectivity index (χ4n) is 2.71. The van der Waals surface area contributed by atoms with E-state index >= 15 is 0 Å². The molecule has 0 radical (unpaired) electrons. The summed E-state index contributed by atoms with van der Waals surface area (Å²) >= 11 is 3.44. The molecule has 0 spiro atoms. The predicted molar refractivity (Wildman–Crippen MR) is 86.5 cm³/mol. The second-order valence-corrected chi connectivity index (χ2v) is 7.07. The van der Waals surface area contributed by atoms with Crippen molar-refractivity contribution in [1.29, 1.82) is 0 Å². The summed E-state index contributed by atoms with van der Waals surface area (Å²) in [6.07, 6.45) is 3.55. The number of oxime groups is 1. The molecule has 1 aliphatic heterocycles. The minimum Gasteiger partial charge on any atom is -0.409 e. The van der Waals surface area contributed by atoms with Crippen LogP contribution >= 0.6 is 15.9 Å². The van der Waals surface area contributed by atoms with Crippen molar-refractivity contribution >= 4 is 27.5 Å². The average molecular weight is 340 g/mol. The van der Waals surface area contributed by atoms with Gasteiger partial charge in [-0.1, -0.05) is 34.9 Å². The monoisotopic (exact) mass is 339 g/mol. The number of rotatable bonds is 2. The molecular weight excluding hydrogens is 318 g/mol. The van der Waals surface area contributed by atoms with E-state index in [1.807, 2.05) is 18.2 Å². The zero-order valence-corrected chi connectivity index (χ0v) is 13.7. The quantitative estimate of drug-likeness (QED) is 0.375. The summed E-state index contributed by atoms with van der Waals surface area (Å²) in [5, 5.41) is 12.1. The van der Waals surface area contributed by atoms with E-state index in [9.17, 15) is 0 Å². The zero-order valence-electron chi connectivity index (χ0n) is 12.1. The van der Waals surface area contributed by atoms with Gasteiger partial charge >= 0.3 is 0 Å². The summed E-state index contributed by atoms with van der Waals surface area (Å²) in [6.45, 7) is 6.65. The highest BCUT2D eigenvalue weighted by Gasteiger charge is 2.24. The van der Waals surface area contributed by atoms with E-state index in [1.165, 1.54) is 12.8 Å². The third-order valence-electron chi connectivity index (χ3n) is 4.02. The van der Waals surface area contributed by atoms with E-state index in [2.05, 4.69) is 39.8 Å². The van der Waals surface area contributed by atoms with Crippen molar-refractivity contribution in [2.24, 2.45) is 16.3 Å². The lowest BCUT2D eigenvalue weighted by Gasteiger charge is -2.26. The second-order valence-electron chi connectivity index (χ2n) is 6.15. The van der Waals surface area contributed by atoms with Gasteiger partial charge in [-0.25, -0.2) is 0 Å². The van der Waals surface area contributed by atoms with Gasteiger partial charge in [0, 0.05) is 28.8 Å². The molecule has 0 unspecified atom stereocenters. The molecule has 3 N–H and O–H groups in total. The molecule has 20 heavy (non-hydrogen) atoms. The number of hydrogen-bond acceptors (Lipinski definition) is 3. The van der Waals surface area contributed by atoms with Crippen molar-refractivity contribution in [3.8, 4) is 0 Å². The predicted octanol–water partition coefficient (Wildman–Crippen LogP) is 3.56. The van der Waals surface area contributed by atoms with Gasteiger partial charge in [0.15, 0.2) is 5.84 Å². The van der Waals surface area contributed by atoms with Gasteiger partial charge in [0.1, 0.15) is 0 Å². The molecule has 1 aromatic rings. The number of halogens is 1. The van der Waals surface area contributed by atoms with Crippen LogP contribution in [0.15, 0.2) is 27.8 Å². The van der Waals surface area contributed by atoms with Crippen LogP contribution in [0.1, 0.15) is 38.7 Å². The Morgan fingerprint density at radius 2 is 2.10 bits per heavy atom. The SMILES string of the molecule is CC1(C)CCCN(c2ccc(Br)cc2/C(N)=N/O)CC1. The smallest absolute Gasteiger partial charge is 0.172 e. The summed E-state index contributed by atoms with van der Waals surface area (Å²) in [6, 6.07) is 5.94. The van der Waals surface area contributed by atoms with Gasteiger partial charge in [-0.2, -0.15) is 0 Å². The molecule has 0 aromatic heterocycles. The van der Waals surface area contributed by atoms with Gasteiger partial charge in [-0.15, -0.1) is 0 Å². The number of amidine groups is 1. The summed E-state index contributed by atoms with van der Waals surface area (Å²) in [5.41, 5.74) is 8.03. The van der Waals surface area contributed by atoms with Crippen LogP contribution < -0.4 is 10.6 Å². The lowest BCUT2D eigenvalue weighted by atomic mass is 9.85. The van der Waals surface area contributed by atoms with E-state index in [1.54, 1.807) is 0 Å². The van der Waals surface area contributed by atoms with Crippen LogP contribution in [0.4, 0.5) is 5.69 Å². The van der Waals surface area contributed by atoms with Crippen molar-refractivity contribution in [3.05, 3.63) is 28.2 Å². The Morgan fingerprint density at radius 3 is 2.80 bits per heavy atom. The van der Waals surface area contributed by atoms with Crippen LogP contribution in [-0.4, -0.2) is 24.1 Å². The largest absolute Gasteiger partial charge is 0.409 e. The van der Waals surface area contributed by atoms with E-state index < -0.39 is 0 Å². The van der Waals surface area contributed by atoms with Gasteiger partial charge in [-0.3, -0.25) is 0 Å². The number of benzene rings is 1. The summed E-state index contributed by atoms with van der Waals surface area (Å²) < 4.78 is 0.929. The normalized spacial score (nSPS) is 19.8. The van der Waals surface area contributed by atoms with Gasteiger partial charge in [0.25, 0.3) is 0 Å². The highest BCUT2D eigenvalue weighted by atomic mass is 79.9. The number of nitrogens with zero attached hydrogens (tertiary/aromatic N) is 2. The Morgan fingerprint density at radius 1 is 1.35 bits per heavy atom. The maximum absolute atomic E-state index is 8.97. The molecule has 1 aromatic carbocycles. The Bertz CT molecular complexity index is 514. The molecular formula is C15H22BrN3O. The van der Waals surface area contributed by atoms with Crippen LogP contribution in [0.2, 0.25) is 0 Å². The van der Waals surface area contributed by atoms with Crippen LogP contribution in [0.5, 0.6) is 0 Å². The minimum absolute atomic E-state index is 0.157. The summed E-state index contributed by atoms with van der Waals surface area (Å²) in [5.74, 6) is 0.157. The highest BCUT2D eigenvalue weighted by Crippen LogP contribution is 2.33. The van der Waals surface area contributed by atoms with Gasteiger partial charge in [0.05, 0.1) is 0 Å². The van der Waals surface area contributed by atoms with Gasteiger partial charge in [0.2, 0.25) is 0 Å². The molecule has 1 aliphatic rings. The molecule has 0 atom stereocenters. The molecule has 0 aliphatic carbocycles. The topological polar surface area (TPSA) is 61.8 Å². The lowest BCUT2D eigenvalue weighted by Crippen LogP contribution is -2.28. The highest BCUT2D eigenvalue weighted by molar-refractivity contribution is 9.10. The molecule has 0 amide bonds. The zero-order chi connectivity index (χ0) is 14.8. The van der Waals surface area contributed by atoms with Crippen LogP contribution in [0.3, 0.4) is 0 Å². The Kier molecular flexibility index (Phi) is 4.58. The third kappa shape index (κ3) is 3.45. The molecule has 4 nitrogen and oxygen atoms in total. The minimum atomic E-state index is 0.157. The first-order chi connectivity index (χ1) is 9.43. The molecule has 5 heteroatoms. The Balaban J connectivity index is 2.32. The van der Waals surface area contributed by atoms with E-state index in [-0.39, 0.29) is 5.84 Å². The van der Waals surface area contributed by atoms with Crippen molar-refractivity contribution in [2.45, 2.75) is 33.1 Å². The van der Waals surface area contributed by atoms with Crippen LogP contribution in [0, 0.1) is 5.41 Å². The first kappa shape index (κ1) is 15.2. The van der Waals surface area contributed by atoms with E-state index in [0.29, 0.717) is 5.41 Å². The maximum atomic E-state index is 8.97. The maximum Gasteiger partial charge on any atom is 0.172 e. The Labute approximate surface area is 128 Å². The van der Waals surface area contributed by atoms with Gasteiger partial charge < -0.3 is 15.8 Å². The fourth-order valence-corrected chi connectivity index (χ4v) is 3.07. The second kappa shape index (κ2) is 6.04. The number of nitrogens with two attached hydrogens (primary N) is 1. The van der Waals surface area contributed by atoms with Crippen molar-refractivity contribution < 1.29 is 5.21 Å². The molecule has 1 fully saturated rings.